The molecule has 0 aromatic carbocycles. The van der Waals surface area contributed by atoms with Crippen LogP contribution < -0.4 is 0 Å². The minimum Gasteiger partial charge on any atom is -0.455 e. The van der Waals surface area contributed by atoms with Crippen molar-refractivity contribution in [3.05, 3.63) is 0 Å². The van der Waals surface area contributed by atoms with Crippen LogP contribution in [-0.2, 0) is 23.8 Å². The Hall–Kier alpha value is -0.760. The highest BCUT2D eigenvalue weighted by Gasteiger charge is 2.65. The summed E-state index contributed by atoms with van der Waals surface area (Å²) < 4.78 is 56.8. The summed E-state index contributed by atoms with van der Waals surface area (Å²) >= 11 is 0. The molecule has 2 bridgehead atoms. The normalized spacial score (nSPS) is 45.5. The smallest absolute Gasteiger partial charge is 0.374 e. The van der Waals surface area contributed by atoms with Crippen LogP contribution in [0.5, 0.6) is 0 Å². The summed E-state index contributed by atoms with van der Waals surface area (Å²) in [6.07, 6.45) is -3.88. The predicted octanol–water partition coefficient (Wildman–Crippen LogP) is 0.300. The van der Waals surface area contributed by atoms with Crippen LogP contribution in [0.4, 0.5) is 8.78 Å². The number of esters is 1. The van der Waals surface area contributed by atoms with Crippen molar-refractivity contribution in [1.29, 1.82) is 0 Å². The lowest BCUT2D eigenvalue weighted by Crippen LogP contribution is -2.38. The Morgan fingerprint density at radius 3 is 2.71 bits per heavy atom. The summed E-state index contributed by atoms with van der Waals surface area (Å²) in [5.74, 6) is -1.98. The molecular formula is C9H10F2O5S. The molecule has 0 aromatic rings. The number of rotatable bonds is 2. The molecule has 3 fully saturated rings. The summed E-state index contributed by atoms with van der Waals surface area (Å²) in [5.41, 5.74) is 0. The van der Waals surface area contributed by atoms with Gasteiger partial charge < -0.3 is 4.74 Å². The van der Waals surface area contributed by atoms with E-state index >= 15 is 0 Å². The van der Waals surface area contributed by atoms with Crippen LogP contribution in [0.2, 0.25) is 0 Å². The van der Waals surface area contributed by atoms with Gasteiger partial charge >= 0.3 is 12.4 Å². The largest absolute Gasteiger partial charge is 0.455 e. The van der Waals surface area contributed by atoms with Gasteiger partial charge in [-0.3, -0.25) is 4.18 Å². The molecule has 0 spiro atoms. The molecule has 2 aliphatic carbocycles. The Labute approximate surface area is 96.2 Å². The summed E-state index contributed by atoms with van der Waals surface area (Å²) in [7, 11) is -3.60. The zero-order chi connectivity index (χ0) is 12.4. The molecule has 17 heavy (non-hydrogen) atoms. The third-order valence-corrected chi connectivity index (χ3v) is 5.62. The molecule has 5 unspecified atom stereocenters. The standard InChI is InChI=1S/C9H10F2O5S/c10-8(11)9(12)15-6-3-1-4-5(2-3)17(13,14)16-7(4)6/h3-8H,1-2H2. The molecular weight excluding hydrogens is 258 g/mol. The lowest BCUT2D eigenvalue weighted by molar-refractivity contribution is -0.168. The van der Waals surface area contributed by atoms with E-state index in [0.29, 0.717) is 12.8 Å². The van der Waals surface area contributed by atoms with Crippen LogP contribution in [0, 0.1) is 11.8 Å². The molecule has 96 valence electrons. The van der Waals surface area contributed by atoms with Gasteiger partial charge in [-0.1, -0.05) is 0 Å². The molecule has 5 nitrogen and oxygen atoms in total. The van der Waals surface area contributed by atoms with Crippen molar-refractivity contribution < 1.29 is 30.9 Å². The SMILES string of the molecule is O=C(OC1C2CC3C1OS(=O)(=O)C3C2)C(F)F. The van der Waals surface area contributed by atoms with Crippen LogP contribution >= 0.6 is 0 Å². The number of ether oxygens (including phenoxy) is 1. The van der Waals surface area contributed by atoms with Crippen molar-refractivity contribution in [3.63, 3.8) is 0 Å². The van der Waals surface area contributed by atoms with Gasteiger partial charge in [0.15, 0.2) is 0 Å². The van der Waals surface area contributed by atoms with Crippen LogP contribution in [0.15, 0.2) is 0 Å². The number of carbonyl (C=O) groups excluding carboxylic acids is 1. The molecule has 2 saturated carbocycles. The fourth-order valence-corrected chi connectivity index (χ4v) is 5.11. The van der Waals surface area contributed by atoms with Crippen LogP contribution in [0.25, 0.3) is 0 Å². The van der Waals surface area contributed by atoms with Gasteiger partial charge in [-0.15, -0.1) is 0 Å². The Morgan fingerprint density at radius 1 is 1.35 bits per heavy atom. The van der Waals surface area contributed by atoms with Crippen molar-refractivity contribution in [2.24, 2.45) is 11.8 Å². The van der Waals surface area contributed by atoms with Crippen molar-refractivity contribution in [3.8, 4) is 0 Å². The number of carbonyl (C=O) groups is 1. The van der Waals surface area contributed by atoms with Gasteiger partial charge in [-0.2, -0.15) is 17.2 Å². The minimum atomic E-state index is -3.60. The zero-order valence-corrected chi connectivity index (χ0v) is 9.40. The van der Waals surface area contributed by atoms with E-state index < -0.39 is 40.0 Å². The molecule has 0 N–H and O–H groups in total. The van der Waals surface area contributed by atoms with Gasteiger partial charge in [0.05, 0.1) is 5.25 Å². The van der Waals surface area contributed by atoms with Crippen LogP contribution in [0.1, 0.15) is 12.8 Å². The second-order valence-electron chi connectivity index (χ2n) is 4.69. The third kappa shape index (κ3) is 1.50. The highest BCUT2D eigenvalue weighted by atomic mass is 32.2. The van der Waals surface area contributed by atoms with Gasteiger partial charge in [0.2, 0.25) is 0 Å². The average Bonchev–Trinajstić information content (AvgIpc) is 2.81. The number of hydrogen-bond acceptors (Lipinski definition) is 5. The topological polar surface area (TPSA) is 69.7 Å². The maximum absolute atomic E-state index is 12.1. The zero-order valence-electron chi connectivity index (χ0n) is 8.58. The molecule has 0 radical (unpaired) electrons. The summed E-state index contributed by atoms with van der Waals surface area (Å²) in [6.45, 7) is 0. The number of hydrogen-bond donors (Lipinski definition) is 0. The quantitative estimate of drug-likeness (QED) is 0.532. The molecule has 1 saturated heterocycles. The lowest BCUT2D eigenvalue weighted by Gasteiger charge is -2.24. The predicted molar refractivity (Wildman–Crippen MR) is 49.7 cm³/mol. The van der Waals surface area contributed by atoms with Gasteiger partial charge in [-0.25, -0.2) is 4.79 Å². The van der Waals surface area contributed by atoms with Crippen molar-refractivity contribution in [2.75, 3.05) is 0 Å². The molecule has 1 heterocycles. The highest BCUT2D eigenvalue weighted by molar-refractivity contribution is 7.87. The van der Waals surface area contributed by atoms with E-state index in [2.05, 4.69) is 4.74 Å². The first-order valence-electron chi connectivity index (χ1n) is 5.31. The summed E-state index contributed by atoms with van der Waals surface area (Å²) in [4.78, 5) is 10.8. The van der Waals surface area contributed by atoms with Gasteiger partial charge in [0.25, 0.3) is 10.1 Å². The van der Waals surface area contributed by atoms with Crippen molar-refractivity contribution in [2.45, 2.75) is 36.7 Å². The summed E-state index contributed by atoms with van der Waals surface area (Å²) in [6, 6.07) is 0. The molecule has 3 rings (SSSR count). The fourth-order valence-electron chi connectivity index (χ4n) is 3.23. The molecule has 5 atom stereocenters. The van der Waals surface area contributed by atoms with E-state index in [1.807, 2.05) is 0 Å². The Morgan fingerprint density at radius 2 is 2.06 bits per heavy atom. The molecule has 0 amide bonds. The maximum Gasteiger partial charge on any atom is 0.374 e. The lowest BCUT2D eigenvalue weighted by atomic mass is 9.94. The second-order valence-corrected chi connectivity index (χ2v) is 6.47. The van der Waals surface area contributed by atoms with Crippen LogP contribution in [-0.4, -0.2) is 38.3 Å². The molecule has 3 aliphatic rings. The van der Waals surface area contributed by atoms with E-state index in [0.717, 1.165) is 0 Å². The van der Waals surface area contributed by atoms with E-state index in [1.54, 1.807) is 0 Å². The second kappa shape index (κ2) is 3.38. The first kappa shape index (κ1) is 11.3. The number of halogens is 2. The fraction of sp³-hybridized carbons (Fsp3) is 0.889. The molecule has 8 heteroatoms. The van der Waals surface area contributed by atoms with E-state index in [4.69, 9.17) is 4.18 Å². The highest BCUT2D eigenvalue weighted by Crippen LogP contribution is 2.55. The van der Waals surface area contributed by atoms with Gasteiger partial charge in [-0.05, 0) is 12.8 Å². The third-order valence-electron chi connectivity index (χ3n) is 3.84. The first-order chi connectivity index (χ1) is 7.90. The summed E-state index contributed by atoms with van der Waals surface area (Å²) in [5, 5.41) is -0.543. The number of alkyl halides is 2. The maximum atomic E-state index is 12.1. The Balaban J connectivity index is 1.81. The monoisotopic (exact) mass is 268 g/mol. The van der Waals surface area contributed by atoms with Crippen LogP contribution in [0.3, 0.4) is 0 Å². The molecule has 1 aliphatic heterocycles. The van der Waals surface area contributed by atoms with Gasteiger partial charge in [0.1, 0.15) is 12.2 Å². The Kier molecular flexibility index (Phi) is 2.25. The van der Waals surface area contributed by atoms with Crippen molar-refractivity contribution in [1.82, 2.24) is 0 Å². The number of fused-ring (bicyclic) bond motifs is 1. The average molecular weight is 268 g/mol. The van der Waals surface area contributed by atoms with Gasteiger partial charge in [0, 0.05) is 11.8 Å². The minimum absolute atomic E-state index is 0.171. The first-order valence-corrected chi connectivity index (χ1v) is 6.78. The van der Waals surface area contributed by atoms with Crippen molar-refractivity contribution >= 4 is 16.1 Å². The van der Waals surface area contributed by atoms with E-state index in [9.17, 15) is 22.0 Å². The Bertz CT molecular complexity index is 462. The molecule has 0 aromatic heterocycles. The van der Waals surface area contributed by atoms with E-state index in [1.165, 1.54) is 0 Å². The van der Waals surface area contributed by atoms with E-state index in [-0.39, 0.29) is 11.8 Å².